The molecule has 0 amide bonds. The van der Waals surface area contributed by atoms with Gasteiger partial charge in [-0.05, 0) is 23.8 Å². The molecule has 0 spiro atoms. The topological polar surface area (TPSA) is 382 Å². The van der Waals surface area contributed by atoms with Gasteiger partial charge in [0.1, 0.15) is 91.4 Å². The molecule has 0 saturated carbocycles. The van der Waals surface area contributed by atoms with Crippen molar-refractivity contribution in [3.8, 4) is 51.6 Å². The van der Waals surface area contributed by atoms with E-state index >= 15 is 0 Å². The van der Waals surface area contributed by atoms with Gasteiger partial charge in [0, 0.05) is 30.3 Å². The van der Waals surface area contributed by atoms with E-state index in [1.165, 1.54) is 62.8 Å². The van der Waals surface area contributed by atoms with E-state index in [1.54, 1.807) is 0 Å². The summed E-state index contributed by atoms with van der Waals surface area (Å²) in [5, 5.41) is 104. The summed E-state index contributed by atoms with van der Waals surface area (Å²) in [5.41, 5.74) is 0.343. The highest BCUT2D eigenvalue weighted by atomic mass is 16.7. The standard InChI is InChI=1S/C44H44O25/c1-60-25-9-19(10-26(61-2)35(25)54)41-27(66-43-39(58)37(56)36(55)28(67-43)16-62-32(51)8-5-18-3-6-20(45)7-4-18)13-22-23(64-41)11-21(46)12-24(22)65-44-40(59)38(57)42(69-34(53)15-31(49)50)29(68-44)17-63-33(52)14-30(47)48/h3-13,28-29,36-40,42-44,55-59H,14-17H2,1-2H3,(H4-,45,46,47,48,49,50,51,54)/p+1/t28?,29?,36-,37?,38-,39?,40?,42-,43-,44-/m1/s1. The summed E-state index contributed by atoms with van der Waals surface area (Å²) >= 11 is 0. The number of aliphatic hydroxyl groups excluding tert-OH is 5. The predicted octanol–water partition coefficient (Wildman–Crippen LogP) is 0.188. The maximum Gasteiger partial charge on any atom is 0.402 e. The minimum absolute atomic E-state index is 0.00228. The van der Waals surface area contributed by atoms with Gasteiger partial charge >= 0.3 is 41.2 Å². The smallest absolute Gasteiger partial charge is 0.402 e. The van der Waals surface area contributed by atoms with E-state index in [4.69, 9.17) is 57.3 Å². The van der Waals surface area contributed by atoms with Crippen molar-refractivity contribution in [1.82, 2.24) is 0 Å². The van der Waals surface area contributed by atoms with E-state index in [2.05, 4.69) is 0 Å². The summed E-state index contributed by atoms with van der Waals surface area (Å²) in [6.45, 7) is -1.62. The minimum atomic E-state index is -2.16. The van der Waals surface area contributed by atoms with Crippen LogP contribution in [0.3, 0.4) is 0 Å². The number of methoxy groups -OCH3 is 2. The van der Waals surface area contributed by atoms with Crippen LogP contribution in [0.4, 0.5) is 0 Å². The number of rotatable bonds is 18. The van der Waals surface area contributed by atoms with Gasteiger partial charge in [0.25, 0.3) is 0 Å². The number of hydrogen-bond acceptors (Lipinski definition) is 22. The second-order valence-electron chi connectivity index (χ2n) is 15.1. The van der Waals surface area contributed by atoms with Crippen LogP contribution in [0.1, 0.15) is 18.4 Å². The van der Waals surface area contributed by atoms with Gasteiger partial charge in [-0.1, -0.05) is 12.1 Å². The van der Waals surface area contributed by atoms with Crippen molar-refractivity contribution in [2.75, 3.05) is 27.4 Å². The van der Waals surface area contributed by atoms with Crippen molar-refractivity contribution in [2.24, 2.45) is 0 Å². The predicted molar refractivity (Wildman–Crippen MR) is 225 cm³/mol. The van der Waals surface area contributed by atoms with Crippen LogP contribution in [-0.2, 0) is 47.7 Å². The number of hydrogen-bond donors (Lipinski definition) is 10. The first-order chi connectivity index (χ1) is 32.8. The number of phenols is 3. The first kappa shape index (κ1) is 50.9. The maximum atomic E-state index is 12.6. The Morgan fingerprint density at radius 2 is 1.22 bits per heavy atom. The van der Waals surface area contributed by atoms with Crippen LogP contribution in [0.15, 0.2) is 65.1 Å². The molecule has 0 bridgehead atoms. The fourth-order valence-electron chi connectivity index (χ4n) is 6.89. The van der Waals surface area contributed by atoms with Crippen molar-refractivity contribution < 1.29 is 122 Å². The first-order valence-electron chi connectivity index (χ1n) is 20.3. The number of phenolic OH excluding ortho intramolecular Hbond substituents is 3. The number of benzene rings is 3. The molecule has 0 aliphatic carbocycles. The van der Waals surface area contributed by atoms with Crippen LogP contribution in [0.25, 0.3) is 28.4 Å². The van der Waals surface area contributed by atoms with Gasteiger partial charge in [0.15, 0.2) is 17.6 Å². The highest BCUT2D eigenvalue weighted by molar-refractivity contribution is 5.91. The molecule has 10 N–H and O–H groups in total. The third-order valence-corrected chi connectivity index (χ3v) is 10.3. The summed E-state index contributed by atoms with van der Waals surface area (Å²) in [7, 11) is 2.46. The fourth-order valence-corrected chi connectivity index (χ4v) is 6.89. The Labute approximate surface area is 387 Å². The van der Waals surface area contributed by atoms with E-state index in [-0.39, 0.29) is 45.3 Å². The number of esters is 3. The number of carbonyl (C=O) groups is 5. The molecule has 2 saturated heterocycles. The number of carbonyl (C=O) groups excluding carboxylic acids is 3. The first-order valence-corrected chi connectivity index (χ1v) is 20.3. The number of fused-ring (bicyclic) bond motifs is 1. The number of ether oxygens (including phenoxy) is 9. The number of aromatic hydroxyl groups is 3. The maximum absolute atomic E-state index is 12.6. The molecule has 3 heterocycles. The van der Waals surface area contributed by atoms with Crippen LogP contribution in [-0.4, -0.2) is 170 Å². The summed E-state index contributed by atoms with van der Waals surface area (Å²) in [4.78, 5) is 59.3. The zero-order chi connectivity index (χ0) is 50.3. The van der Waals surface area contributed by atoms with Crippen molar-refractivity contribution in [2.45, 2.75) is 74.3 Å². The summed E-state index contributed by atoms with van der Waals surface area (Å²) in [5.74, 6) is -9.14. The van der Waals surface area contributed by atoms with E-state index in [0.29, 0.717) is 5.56 Å². The van der Waals surface area contributed by atoms with E-state index in [1.807, 2.05) is 0 Å². The normalized spacial score (nSPS) is 24.5. The molecule has 10 atom stereocenters. The highest BCUT2D eigenvalue weighted by Gasteiger charge is 2.50. The van der Waals surface area contributed by atoms with Crippen molar-refractivity contribution in [3.05, 3.63) is 66.2 Å². The molecule has 1 aromatic heterocycles. The van der Waals surface area contributed by atoms with Gasteiger partial charge in [0.2, 0.25) is 24.1 Å². The average Bonchev–Trinajstić information content (AvgIpc) is 3.30. The highest BCUT2D eigenvalue weighted by Crippen LogP contribution is 2.46. The molecular formula is C44H45O25+. The van der Waals surface area contributed by atoms with Gasteiger partial charge in [-0.25, -0.2) is 9.21 Å². The van der Waals surface area contributed by atoms with Crippen LogP contribution < -0.4 is 18.9 Å². The van der Waals surface area contributed by atoms with Crippen LogP contribution >= 0.6 is 0 Å². The lowest BCUT2D eigenvalue weighted by molar-refractivity contribution is -0.282. The van der Waals surface area contributed by atoms with E-state index < -0.39 is 135 Å². The third-order valence-electron chi connectivity index (χ3n) is 10.3. The average molecular weight is 974 g/mol. The summed E-state index contributed by atoms with van der Waals surface area (Å²) in [6, 6.07) is 11.6. The molecule has 3 aromatic carbocycles. The Morgan fingerprint density at radius 3 is 1.84 bits per heavy atom. The molecule has 2 aliphatic rings. The summed E-state index contributed by atoms with van der Waals surface area (Å²) in [6.07, 6.45) is -19.2. The third kappa shape index (κ3) is 12.3. The Bertz CT molecular complexity index is 2540. The SMILES string of the molecule is COc1cc(-c2[o+]c3cc(O)cc(O[C@@H]4OC(COC(=O)CC(=O)O)[C@@H](OC(=O)CC(=O)O)[C@H](O)C4O)c3cc2O[C@@H]2OC(COC(=O)/C=C/c3ccc(O)cc3)[C@@H](O)C(O)C2O)cc(OC)c1O. The molecule has 69 heavy (non-hydrogen) atoms. The van der Waals surface area contributed by atoms with Gasteiger partial charge in [-0.2, -0.15) is 0 Å². The van der Waals surface area contributed by atoms with Crippen LogP contribution in [0, 0.1) is 0 Å². The molecule has 2 aliphatic heterocycles. The quantitative estimate of drug-likeness (QED) is 0.0209. The molecule has 2 fully saturated rings. The molecule has 25 heteroatoms. The Kier molecular flexibility index (Phi) is 16.3. The number of aliphatic carboxylic acids is 2. The number of aliphatic hydroxyl groups is 5. The molecule has 6 rings (SSSR count). The Morgan fingerprint density at radius 1 is 0.638 bits per heavy atom. The Hall–Kier alpha value is -7.52. The largest absolute Gasteiger partial charge is 0.508 e. The van der Waals surface area contributed by atoms with E-state index in [0.717, 1.165) is 18.2 Å². The number of carboxylic acid groups (broad SMARTS) is 2. The zero-order valence-electron chi connectivity index (χ0n) is 36.0. The van der Waals surface area contributed by atoms with Gasteiger partial charge in [-0.15, -0.1) is 0 Å². The Balaban J connectivity index is 1.36. The fraction of sp³-hybridized carbons (Fsp3) is 0.364. The monoisotopic (exact) mass is 973 g/mol. The van der Waals surface area contributed by atoms with E-state index in [9.17, 15) is 64.8 Å². The van der Waals surface area contributed by atoms with Gasteiger partial charge < -0.3 is 93.7 Å². The van der Waals surface area contributed by atoms with Crippen LogP contribution in [0.2, 0.25) is 0 Å². The van der Waals surface area contributed by atoms with Crippen LogP contribution in [0.5, 0.6) is 40.2 Å². The van der Waals surface area contributed by atoms with Crippen molar-refractivity contribution in [3.63, 3.8) is 0 Å². The second kappa shape index (κ2) is 22.1. The second-order valence-corrected chi connectivity index (χ2v) is 15.1. The molecule has 4 aromatic rings. The van der Waals surface area contributed by atoms with Gasteiger partial charge in [0.05, 0.1) is 25.8 Å². The number of carboxylic acids is 2. The van der Waals surface area contributed by atoms with Crippen molar-refractivity contribution in [1.29, 1.82) is 0 Å². The lowest BCUT2D eigenvalue weighted by atomic mass is 9.98. The molecule has 0 radical (unpaired) electrons. The minimum Gasteiger partial charge on any atom is -0.508 e. The van der Waals surface area contributed by atoms with Gasteiger partial charge in [-0.3, -0.25) is 19.2 Å². The summed E-state index contributed by atoms with van der Waals surface area (Å²) < 4.78 is 55.7. The molecule has 370 valence electrons. The lowest BCUT2D eigenvalue weighted by Gasteiger charge is -2.41. The van der Waals surface area contributed by atoms with Crippen molar-refractivity contribution >= 4 is 46.9 Å². The molecule has 25 nitrogen and oxygen atoms in total. The molecular weight excluding hydrogens is 928 g/mol. The molecule has 5 unspecified atom stereocenters. The zero-order valence-corrected chi connectivity index (χ0v) is 36.0. The lowest BCUT2D eigenvalue weighted by Crippen LogP contribution is -2.61.